The van der Waals surface area contributed by atoms with Crippen LogP contribution in [0.4, 0.5) is 0 Å². The lowest BCUT2D eigenvalue weighted by Gasteiger charge is -2.07. The van der Waals surface area contributed by atoms with Crippen LogP contribution >= 0.6 is 11.3 Å². The molecule has 0 saturated carbocycles. The van der Waals surface area contributed by atoms with E-state index < -0.39 is 0 Å². The fraction of sp³-hybridized carbons (Fsp3) is 0.333. The second-order valence-corrected chi connectivity index (χ2v) is 5.48. The number of carbonyl (C=O) groups is 1. The highest BCUT2D eigenvalue weighted by molar-refractivity contribution is 7.09. The van der Waals surface area contributed by atoms with E-state index >= 15 is 0 Å². The number of aryl methyl sites for hydroxylation is 2. The molecule has 0 unspecified atom stereocenters. The van der Waals surface area contributed by atoms with Gasteiger partial charge in [0, 0.05) is 5.38 Å². The number of ether oxygens (including phenoxy) is 1. The molecule has 2 rings (SSSR count). The molecule has 1 N–H and O–H groups in total. The Morgan fingerprint density at radius 1 is 1.35 bits per heavy atom. The number of hydrogen-bond donors (Lipinski definition) is 1. The number of benzene rings is 1. The van der Waals surface area contributed by atoms with Crippen LogP contribution in [0, 0.1) is 6.92 Å². The summed E-state index contributed by atoms with van der Waals surface area (Å²) < 4.78 is 5.43. The Labute approximate surface area is 122 Å². The van der Waals surface area contributed by atoms with E-state index in [-0.39, 0.29) is 12.5 Å². The molecule has 0 aliphatic rings. The van der Waals surface area contributed by atoms with Crippen LogP contribution in [0.1, 0.15) is 23.2 Å². The van der Waals surface area contributed by atoms with E-state index in [1.54, 1.807) is 11.3 Å². The summed E-state index contributed by atoms with van der Waals surface area (Å²) in [5.74, 6) is 0.567. The van der Waals surface area contributed by atoms with Crippen molar-refractivity contribution < 1.29 is 9.53 Å². The predicted octanol–water partition coefficient (Wildman–Crippen LogP) is 2.71. The molecule has 2 aromatic rings. The normalized spacial score (nSPS) is 10.3. The van der Waals surface area contributed by atoms with Gasteiger partial charge >= 0.3 is 0 Å². The van der Waals surface area contributed by atoms with Gasteiger partial charge in [0.15, 0.2) is 6.61 Å². The van der Waals surface area contributed by atoms with Crippen LogP contribution in [-0.4, -0.2) is 17.5 Å². The lowest BCUT2D eigenvalue weighted by atomic mass is 10.2. The zero-order valence-electron chi connectivity index (χ0n) is 11.7. The number of thiazole rings is 1. The van der Waals surface area contributed by atoms with Crippen LogP contribution < -0.4 is 10.1 Å². The first-order chi connectivity index (χ1) is 9.67. The summed E-state index contributed by atoms with van der Waals surface area (Å²) >= 11 is 1.58. The van der Waals surface area contributed by atoms with Gasteiger partial charge in [-0.25, -0.2) is 4.98 Å². The highest BCUT2D eigenvalue weighted by Gasteiger charge is 2.04. The molecule has 0 radical (unpaired) electrons. The van der Waals surface area contributed by atoms with Gasteiger partial charge in [-0.2, -0.15) is 0 Å². The lowest BCUT2D eigenvalue weighted by Crippen LogP contribution is -2.28. The first-order valence-electron chi connectivity index (χ1n) is 6.57. The lowest BCUT2D eigenvalue weighted by molar-refractivity contribution is -0.123. The first kappa shape index (κ1) is 14.5. The summed E-state index contributed by atoms with van der Waals surface area (Å²) in [6.45, 7) is 4.51. The highest BCUT2D eigenvalue weighted by atomic mass is 32.1. The molecule has 106 valence electrons. The molecule has 0 aliphatic carbocycles. The molecule has 0 atom stereocenters. The summed E-state index contributed by atoms with van der Waals surface area (Å²) in [7, 11) is 0. The topological polar surface area (TPSA) is 51.2 Å². The minimum absolute atomic E-state index is 0.0224. The fourth-order valence-electron chi connectivity index (χ4n) is 1.70. The number of hydrogen-bond acceptors (Lipinski definition) is 4. The van der Waals surface area contributed by atoms with E-state index in [2.05, 4.69) is 17.2 Å². The number of rotatable bonds is 6. The van der Waals surface area contributed by atoms with Crippen LogP contribution in [0.2, 0.25) is 0 Å². The Kier molecular flexibility index (Phi) is 5.12. The molecule has 1 aromatic carbocycles. The molecular weight excluding hydrogens is 272 g/mol. The van der Waals surface area contributed by atoms with Crippen molar-refractivity contribution in [3.05, 3.63) is 45.9 Å². The van der Waals surface area contributed by atoms with Crippen molar-refractivity contribution in [2.45, 2.75) is 26.8 Å². The average Bonchev–Trinajstić information content (AvgIpc) is 2.89. The standard InChI is InChI=1S/C15H18N2O2S/c1-3-12-4-6-14(7-5-12)19-9-15(18)16-8-13-10-20-11(2)17-13/h4-7,10H,3,8-9H2,1-2H3,(H,16,18). The smallest absolute Gasteiger partial charge is 0.258 e. The quantitative estimate of drug-likeness (QED) is 0.890. The summed E-state index contributed by atoms with van der Waals surface area (Å²) in [4.78, 5) is 15.9. The molecule has 0 bridgehead atoms. The van der Waals surface area contributed by atoms with Gasteiger partial charge in [-0.15, -0.1) is 11.3 Å². The molecule has 20 heavy (non-hydrogen) atoms. The largest absolute Gasteiger partial charge is 0.484 e. The Morgan fingerprint density at radius 2 is 2.10 bits per heavy atom. The summed E-state index contributed by atoms with van der Waals surface area (Å²) in [5, 5.41) is 5.73. The van der Waals surface area contributed by atoms with E-state index in [0.717, 1.165) is 17.1 Å². The van der Waals surface area contributed by atoms with Gasteiger partial charge < -0.3 is 10.1 Å². The zero-order chi connectivity index (χ0) is 14.4. The third kappa shape index (κ3) is 4.35. The molecule has 4 nitrogen and oxygen atoms in total. The predicted molar refractivity (Wildman–Crippen MR) is 80.0 cm³/mol. The second kappa shape index (κ2) is 7.05. The molecule has 0 aliphatic heterocycles. The van der Waals surface area contributed by atoms with Crippen molar-refractivity contribution in [2.75, 3.05) is 6.61 Å². The number of carbonyl (C=O) groups excluding carboxylic acids is 1. The van der Waals surface area contributed by atoms with Gasteiger partial charge in [0.05, 0.1) is 17.2 Å². The van der Waals surface area contributed by atoms with Gasteiger partial charge in [0.25, 0.3) is 5.91 Å². The minimum Gasteiger partial charge on any atom is -0.484 e. The van der Waals surface area contributed by atoms with Crippen molar-refractivity contribution in [1.82, 2.24) is 10.3 Å². The van der Waals surface area contributed by atoms with E-state index in [4.69, 9.17) is 4.74 Å². The van der Waals surface area contributed by atoms with E-state index in [1.807, 2.05) is 36.6 Å². The first-order valence-corrected chi connectivity index (χ1v) is 7.44. The number of nitrogens with zero attached hydrogens (tertiary/aromatic N) is 1. The Hall–Kier alpha value is -1.88. The second-order valence-electron chi connectivity index (χ2n) is 4.42. The maximum absolute atomic E-state index is 11.7. The van der Waals surface area contributed by atoms with Crippen LogP contribution in [0.15, 0.2) is 29.6 Å². The average molecular weight is 290 g/mol. The Bertz CT molecular complexity index is 564. The highest BCUT2D eigenvalue weighted by Crippen LogP contribution is 2.12. The molecular formula is C15H18N2O2S. The SMILES string of the molecule is CCc1ccc(OCC(=O)NCc2csc(C)n2)cc1. The molecule has 1 amide bonds. The number of aromatic nitrogens is 1. The Morgan fingerprint density at radius 3 is 2.70 bits per heavy atom. The van der Waals surface area contributed by atoms with Crippen molar-refractivity contribution in [1.29, 1.82) is 0 Å². The monoisotopic (exact) mass is 290 g/mol. The summed E-state index contributed by atoms with van der Waals surface area (Å²) in [5.41, 5.74) is 2.13. The molecule has 5 heteroatoms. The van der Waals surface area contributed by atoms with Crippen LogP contribution in [-0.2, 0) is 17.8 Å². The van der Waals surface area contributed by atoms with Crippen molar-refractivity contribution in [3.8, 4) is 5.75 Å². The van der Waals surface area contributed by atoms with Gasteiger partial charge in [-0.1, -0.05) is 19.1 Å². The molecule has 1 aromatic heterocycles. The fourth-order valence-corrected chi connectivity index (χ4v) is 2.31. The van der Waals surface area contributed by atoms with Gasteiger partial charge in [-0.05, 0) is 31.0 Å². The van der Waals surface area contributed by atoms with E-state index in [0.29, 0.717) is 12.3 Å². The van der Waals surface area contributed by atoms with Crippen molar-refractivity contribution >= 4 is 17.2 Å². The van der Waals surface area contributed by atoms with E-state index in [1.165, 1.54) is 5.56 Å². The molecule has 0 saturated heterocycles. The number of nitrogens with one attached hydrogen (secondary N) is 1. The van der Waals surface area contributed by atoms with Crippen molar-refractivity contribution in [3.63, 3.8) is 0 Å². The molecule has 0 fully saturated rings. The van der Waals surface area contributed by atoms with Gasteiger partial charge in [-0.3, -0.25) is 4.79 Å². The maximum Gasteiger partial charge on any atom is 0.258 e. The third-order valence-electron chi connectivity index (χ3n) is 2.83. The third-order valence-corrected chi connectivity index (χ3v) is 3.66. The van der Waals surface area contributed by atoms with Crippen LogP contribution in [0.3, 0.4) is 0 Å². The van der Waals surface area contributed by atoms with Crippen LogP contribution in [0.5, 0.6) is 5.75 Å². The summed E-state index contributed by atoms with van der Waals surface area (Å²) in [6.07, 6.45) is 0.994. The summed E-state index contributed by atoms with van der Waals surface area (Å²) in [6, 6.07) is 7.78. The molecule has 0 spiro atoms. The Balaban J connectivity index is 1.74. The minimum atomic E-state index is -0.143. The van der Waals surface area contributed by atoms with E-state index in [9.17, 15) is 4.79 Å². The number of amides is 1. The van der Waals surface area contributed by atoms with Crippen molar-refractivity contribution in [2.24, 2.45) is 0 Å². The molecule has 1 heterocycles. The zero-order valence-corrected chi connectivity index (χ0v) is 12.5. The van der Waals surface area contributed by atoms with Gasteiger partial charge in [0.2, 0.25) is 0 Å². The maximum atomic E-state index is 11.7. The van der Waals surface area contributed by atoms with Crippen LogP contribution in [0.25, 0.3) is 0 Å². The van der Waals surface area contributed by atoms with Gasteiger partial charge in [0.1, 0.15) is 5.75 Å².